The van der Waals surface area contributed by atoms with E-state index in [1.165, 1.54) is 26.2 Å². The van der Waals surface area contributed by atoms with Crippen molar-refractivity contribution >= 4 is 10.8 Å². The number of nitrogens with one attached hydrogen (secondary N) is 1. The second-order valence-corrected chi connectivity index (χ2v) is 3.72. The Morgan fingerprint density at radius 2 is 1.50 bits per heavy atom. The molecule has 1 N–H and O–H groups in total. The molecule has 0 spiro atoms. The van der Waals surface area contributed by atoms with Gasteiger partial charge in [-0.15, -0.1) is 0 Å². The van der Waals surface area contributed by atoms with E-state index in [0.29, 0.717) is 10.8 Å². The molecule has 0 unspecified atom stereocenters. The van der Waals surface area contributed by atoms with Crippen LogP contribution in [0, 0.1) is 19.7 Å². The van der Waals surface area contributed by atoms with Gasteiger partial charge in [-0.25, -0.2) is 4.39 Å². The molecule has 1 aromatic carbocycles. The van der Waals surface area contributed by atoms with Crippen LogP contribution in [0.1, 0.15) is 16.7 Å². The van der Waals surface area contributed by atoms with Crippen molar-refractivity contribution in [1.82, 2.24) is 4.98 Å². The number of hydrogen-bond acceptors (Lipinski definition) is 0. The number of aromatic nitrogens is 1. The lowest BCUT2D eigenvalue weighted by molar-refractivity contribution is -0.140. The summed E-state index contributed by atoms with van der Waals surface area (Å²) in [6, 6.07) is 0. The van der Waals surface area contributed by atoms with Crippen molar-refractivity contribution < 1.29 is 17.6 Å². The van der Waals surface area contributed by atoms with E-state index < -0.39 is 17.6 Å². The first-order valence-electron chi connectivity index (χ1n) is 4.66. The summed E-state index contributed by atoms with van der Waals surface area (Å²) in [5.74, 6) is -1.18. The third kappa shape index (κ3) is 1.38. The zero-order valence-electron chi connectivity index (χ0n) is 8.67. The molecule has 1 nitrogen and oxygen atoms in total. The molecule has 1 aromatic heterocycles. The summed E-state index contributed by atoms with van der Waals surface area (Å²) in [5, 5.41) is 0.897. The Morgan fingerprint density at radius 1 is 1.00 bits per heavy atom. The van der Waals surface area contributed by atoms with Crippen molar-refractivity contribution in [3.63, 3.8) is 0 Å². The van der Waals surface area contributed by atoms with Gasteiger partial charge in [0.05, 0.1) is 5.56 Å². The minimum Gasteiger partial charge on any atom is -0.366 e. The van der Waals surface area contributed by atoms with Crippen molar-refractivity contribution in [3.05, 3.63) is 34.9 Å². The molecule has 0 aliphatic carbocycles. The predicted octanol–water partition coefficient (Wildman–Crippen LogP) is 3.94. The highest BCUT2D eigenvalue weighted by Gasteiger charge is 2.37. The van der Waals surface area contributed by atoms with Crippen LogP contribution in [-0.2, 0) is 6.18 Å². The number of hydrogen-bond donors (Lipinski definition) is 1. The van der Waals surface area contributed by atoms with E-state index in [-0.39, 0.29) is 11.1 Å². The van der Waals surface area contributed by atoms with Crippen LogP contribution in [0.3, 0.4) is 0 Å². The Morgan fingerprint density at radius 3 is 2.00 bits per heavy atom. The average molecular weight is 231 g/mol. The van der Waals surface area contributed by atoms with Crippen LogP contribution in [-0.4, -0.2) is 4.98 Å². The van der Waals surface area contributed by atoms with Crippen LogP contribution >= 0.6 is 0 Å². The molecular weight excluding hydrogens is 222 g/mol. The highest BCUT2D eigenvalue weighted by molar-refractivity contribution is 5.89. The fourth-order valence-electron chi connectivity index (χ4n) is 1.93. The summed E-state index contributed by atoms with van der Waals surface area (Å²) in [6.07, 6.45) is -1.71. The summed E-state index contributed by atoms with van der Waals surface area (Å²) in [4.78, 5) is 2.69. The van der Waals surface area contributed by atoms with Gasteiger partial charge < -0.3 is 4.98 Å². The van der Waals surface area contributed by atoms with E-state index in [1.54, 1.807) is 0 Å². The van der Waals surface area contributed by atoms with Gasteiger partial charge in [-0.05, 0) is 25.0 Å². The summed E-state index contributed by atoms with van der Waals surface area (Å²) >= 11 is 0. The van der Waals surface area contributed by atoms with Gasteiger partial charge in [-0.1, -0.05) is 0 Å². The Balaban J connectivity index is 2.94. The third-order valence-corrected chi connectivity index (χ3v) is 2.76. The Labute approximate surface area is 89.1 Å². The number of halogens is 4. The highest BCUT2D eigenvalue weighted by atomic mass is 19.4. The maximum atomic E-state index is 13.6. The molecule has 0 atom stereocenters. The van der Waals surface area contributed by atoms with Crippen molar-refractivity contribution in [1.29, 1.82) is 0 Å². The maximum Gasteiger partial charge on any atom is 0.419 e. The molecule has 86 valence electrons. The summed E-state index contributed by atoms with van der Waals surface area (Å²) in [5.41, 5.74) is -1.22. The molecular formula is C11H9F4N. The first-order valence-corrected chi connectivity index (χ1v) is 4.66. The minimum absolute atomic E-state index is 0.0224. The first kappa shape index (κ1) is 11.0. The molecule has 1 heterocycles. The van der Waals surface area contributed by atoms with Crippen LogP contribution in [0.5, 0.6) is 0 Å². The molecule has 0 aliphatic heterocycles. The highest BCUT2D eigenvalue weighted by Crippen LogP contribution is 2.39. The first-order chi connectivity index (χ1) is 7.34. The Hall–Kier alpha value is -1.52. The van der Waals surface area contributed by atoms with E-state index in [2.05, 4.69) is 4.98 Å². The average Bonchev–Trinajstić information content (AvgIpc) is 2.61. The molecule has 0 bridgehead atoms. The summed E-state index contributed by atoms with van der Waals surface area (Å²) in [6.45, 7) is 2.63. The zero-order chi connectivity index (χ0) is 12.1. The van der Waals surface area contributed by atoms with Gasteiger partial charge in [0, 0.05) is 23.2 Å². The quantitative estimate of drug-likeness (QED) is 0.661. The van der Waals surface area contributed by atoms with E-state index in [9.17, 15) is 17.6 Å². The van der Waals surface area contributed by atoms with Crippen LogP contribution in [0.15, 0.2) is 12.4 Å². The van der Waals surface area contributed by atoms with Crippen molar-refractivity contribution in [2.75, 3.05) is 0 Å². The van der Waals surface area contributed by atoms with Crippen molar-refractivity contribution in [2.45, 2.75) is 20.0 Å². The molecule has 0 fully saturated rings. The largest absolute Gasteiger partial charge is 0.419 e. The van der Waals surface area contributed by atoms with Crippen LogP contribution in [0.2, 0.25) is 0 Å². The van der Waals surface area contributed by atoms with Gasteiger partial charge in [-0.3, -0.25) is 0 Å². The summed E-state index contributed by atoms with van der Waals surface area (Å²) < 4.78 is 51.7. The van der Waals surface area contributed by atoms with E-state index in [1.807, 2.05) is 0 Å². The number of benzene rings is 1. The standard InChI is InChI=1S/C11H9F4N/c1-5-7-3-16-4-8(7)6(2)10(12)9(5)11(13,14)15/h3-4,16H,1-2H3. The maximum absolute atomic E-state index is 13.6. The van der Waals surface area contributed by atoms with Crippen LogP contribution in [0.25, 0.3) is 10.8 Å². The molecule has 0 saturated carbocycles. The molecule has 2 rings (SSSR count). The molecule has 0 saturated heterocycles. The van der Waals surface area contributed by atoms with Gasteiger partial charge in [-0.2, -0.15) is 13.2 Å². The summed E-state index contributed by atoms with van der Waals surface area (Å²) in [7, 11) is 0. The molecule has 0 aliphatic rings. The van der Waals surface area contributed by atoms with Crippen LogP contribution < -0.4 is 0 Å². The van der Waals surface area contributed by atoms with E-state index in [4.69, 9.17) is 0 Å². The topological polar surface area (TPSA) is 15.8 Å². The zero-order valence-corrected chi connectivity index (χ0v) is 8.67. The normalized spacial score (nSPS) is 12.4. The van der Waals surface area contributed by atoms with Gasteiger partial charge in [0.15, 0.2) is 0 Å². The van der Waals surface area contributed by atoms with Gasteiger partial charge >= 0.3 is 6.18 Å². The number of aromatic amines is 1. The molecule has 2 aromatic rings. The molecule has 0 radical (unpaired) electrons. The van der Waals surface area contributed by atoms with Crippen molar-refractivity contribution in [3.8, 4) is 0 Å². The minimum atomic E-state index is -4.66. The Kier molecular flexibility index (Phi) is 2.22. The second-order valence-electron chi connectivity index (χ2n) is 3.72. The fraction of sp³-hybridized carbons (Fsp3) is 0.273. The van der Waals surface area contributed by atoms with Gasteiger partial charge in [0.2, 0.25) is 0 Å². The number of fused-ring (bicyclic) bond motifs is 1. The number of rotatable bonds is 0. The number of alkyl halides is 3. The predicted molar refractivity (Wildman–Crippen MR) is 52.7 cm³/mol. The van der Waals surface area contributed by atoms with E-state index in [0.717, 1.165) is 0 Å². The SMILES string of the molecule is Cc1c(F)c(C(F)(F)F)c(C)c2c[nH]cc12. The van der Waals surface area contributed by atoms with Crippen LogP contribution in [0.4, 0.5) is 17.6 Å². The lowest BCUT2D eigenvalue weighted by Gasteiger charge is -2.14. The van der Waals surface area contributed by atoms with E-state index >= 15 is 0 Å². The monoisotopic (exact) mass is 231 g/mol. The Bertz CT molecular complexity index is 551. The number of H-pyrrole nitrogens is 1. The van der Waals surface area contributed by atoms with Crippen molar-refractivity contribution in [2.24, 2.45) is 0 Å². The molecule has 5 heteroatoms. The molecule has 16 heavy (non-hydrogen) atoms. The van der Waals surface area contributed by atoms with Gasteiger partial charge in [0.1, 0.15) is 5.82 Å². The lowest BCUT2D eigenvalue weighted by Crippen LogP contribution is -2.12. The smallest absolute Gasteiger partial charge is 0.366 e. The number of aryl methyl sites for hydroxylation is 2. The molecule has 0 amide bonds. The lowest BCUT2D eigenvalue weighted by atomic mass is 9.98. The van der Waals surface area contributed by atoms with Gasteiger partial charge in [0.25, 0.3) is 0 Å². The fourth-order valence-corrected chi connectivity index (χ4v) is 1.93. The second kappa shape index (κ2) is 3.23. The third-order valence-electron chi connectivity index (χ3n) is 2.76.